The highest BCUT2D eigenvalue weighted by molar-refractivity contribution is 5.80. The second kappa shape index (κ2) is 5.43. The molecule has 0 spiro atoms. The summed E-state index contributed by atoms with van der Waals surface area (Å²) in [5.41, 5.74) is 6.28. The molecule has 0 aliphatic heterocycles. The number of hydrogen-bond acceptors (Lipinski definition) is 2. The van der Waals surface area contributed by atoms with Gasteiger partial charge >= 0.3 is 0 Å². The highest BCUT2D eigenvalue weighted by atomic mass is 16.2. The summed E-state index contributed by atoms with van der Waals surface area (Å²) >= 11 is 0. The van der Waals surface area contributed by atoms with E-state index in [0.29, 0.717) is 23.8 Å². The fourth-order valence-electron chi connectivity index (χ4n) is 4.89. The van der Waals surface area contributed by atoms with E-state index in [0.717, 1.165) is 0 Å². The normalized spacial score (nSPS) is 45.4. The number of carbonyl (C=O) groups excluding carboxylic acids is 1. The minimum atomic E-state index is 0.109. The van der Waals surface area contributed by atoms with E-state index in [1.807, 2.05) is 0 Å². The molecule has 3 fully saturated rings. The van der Waals surface area contributed by atoms with Crippen LogP contribution in [0.1, 0.15) is 58.3 Å². The quantitative estimate of drug-likeness (QED) is 0.822. The second-order valence-corrected chi connectivity index (χ2v) is 7.00. The van der Waals surface area contributed by atoms with Gasteiger partial charge in [-0.3, -0.25) is 4.79 Å². The number of nitrogens with two attached hydrogens (primary N) is 1. The van der Waals surface area contributed by atoms with Gasteiger partial charge in [-0.1, -0.05) is 26.2 Å². The van der Waals surface area contributed by atoms with Crippen LogP contribution in [0, 0.1) is 23.7 Å². The number of nitrogens with one attached hydrogen (secondary N) is 1. The van der Waals surface area contributed by atoms with E-state index in [2.05, 4.69) is 12.2 Å². The van der Waals surface area contributed by atoms with Crippen LogP contribution in [0.25, 0.3) is 0 Å². The fraction of sp³-hybridized carbons (Fsp3) is 0.938. The van der Waals surface area contributed by atoms with Gasteiger partial charge in [0.15, 0.2) is 0 Å². The third-order valence-corrected chi connectivity index (χ3v) is 6.04. The predicted octanol–water partition coefficient (Wildman–Crippen LogP) is 2.44. The molecule has 108 valence electrons. The van der Waals surface area contributed by atoms with Crippen LogP contribution in [0.3, 0.4) is 0 Å². The van der Waals surface area contributed by atoms with Crippen LogP contribution < -0.4 is 11.1 Å². The number of amides is 1. The van der Waals surface area contributed by atoms with Crippen LogP contribution in [-0.4, -0.2) is 18.0 Å². The van der Waals surface area contributed by atoms with Crippen LogP contribution in [0.2, 0.25) is 0 Å². The largest absolute Gasteiger partial charge is 0.353 e. The third kappa shape index (κ3) is 2.42. The Morgan fingerprint density at radius 1 is 1.16 bits per heavy atom. The van der Waals surface area contributed by atoms with Crippen molar-refractivity contribution in [2.24, 2.45) is 29.4 Å². The second-order valence-electron chi connectivity index (χ2n) is 7.00. The SMILES string of the molecule is CCC1CCCCC1NC(=O)C1C2CCC(C2)C1N. The van der Waals surface area contributed by atoms with Gasteiger partial charge in [-0.2, -0.15) is 0 Å². The van der Waals surface area contributed by atoms with E-state index < -0.39 is 0 Å². The molecule has 6 atom stereocenters. The number of hydrogen-bond donors (Lipinski definition) is 2. The number of carbonyl (C=O) groups is 1. The van der Waals surface area contributed by atoms with E-state index in [4.69, 9.17) is 5.73 Å². The van der Waals surface area contributed by atoms with E-state index in [-0.39, 0.29) is 17.9 Å². The number of fused-ring (bicyclic) bond motifs is 2. The van der Waals surface area contributed by atoms with Crippen molar-refractivity contribution in [3.63, 3.8) is 0 Å². The van der Waals surface area contributed by atoms with Crippen molar-refractivity contribution < 1.29 is 4.79 Å². The molecular weight excluding hydrogens is 236 g/mol. The van der Waals surface area contributed by atoms with Gasteiger partial charge in [-0.05, 0) is 49.9 Å². The Balaban J connectivity index is 1.61. The highest BCUT2D eigenvalue weighted by Gasteiger charge is 2.49. The summed E-state index contributed by atoms with van der Waals surface area (Å²) in [6.07, 6.45) is 9.90. The lowest BCUT2D eigenvalue weighted by molar-refractivity contribution is -0.128. The molecule has 6 unspecified atom stereocenters. The summed E-state index contributed by atoms with van der Waals surface area (Å²) in [7, 11) is 0. The van der Waals surface area contributed by atoms with E-state index in [1.165, 1.54) is 51.4 Å². The van der Waals surface area contributed by atoms with Crippen LogP contribution >= 0.6 is 0 Å². The van der Waals surface area contributed by atoms with E-state index in [1.54, 1.807) is 0 Å². The van der Waals surface area contributed by atoms with Crippen LogP contribution in [0.5, 0.6) is 0 Å². The standard InChI is InChI=1S/C16H28N2O/c1-2-10-5-3-4-6-13(10)18-16(19)14-11-7-8-12(9-11)15(14)17/h10-15H,2-9,17H2,1H3,(H,18,19). The maximum atomic E-state index is 12.6. The first-order valence-electron chi connectivity index (χ1n) is 8.26. The minimum absolute atomic E-state index is 0.109. The van der Waals surface area contributed by atoms with Crippen molar-refractivity contribution in [2.45, 2.75) is 70.4 Å². The zero-order valence-electron chi connectivity index (χ0n) is 12.1. The van der Waals surface area contributed by atoms with Crippen LogP contribution in [0.15, 0.2) is 0 Å². The van der Waals surface area contributed by atoms with Crippen molar-refractivity contribution in [1.29, 1.82) is 0 Å². The van der Waals surface area contributed by atoms with Gasteiger partial charge < -0.3 is 11.1 Å². The molecule has 3 heteroatoms. The van der Waals surface area contributed by atoms with Gasteiger partial charge in [0, 0.05) is 12.1 Å². The molecule has 0 radical (unpaired) electrons. The van der Waals surface area contributed by atoms with Gasteiger partial charge in [0.1, 0.15) is 0 Å². The van der Waals surface area contributed by atoms with Crippen LogP contribution in [-0.2, 0) is 4.79 Å². The zero-order valence-corrected chi connectivity index (χ0v) is 12.1. The van der Waals surface area contributed by atoms with Crippen molar-refractivity contribution in [1.82, 2.24) is 5.32 Å². The Bertz CT molecular complexity index is 342. The first-order valence-corrected chi connectivity index (χ1v) is 8.26. The molecule has 1 amide bonds. The van der Waals surface area contributed by atoms with Crippen molar-refractivity contribution in [2.75, 3.05) is 0 Å². The topological polar surface area (TPSA) is 55.1 Å². The monoisotopic (exact) mass is 264 g/mol. The molecule has 0 aromatic rings. The summed E-state index contributed by atoms with van der Waals surface area (Å²) in [6.45, 7) is 2.25. The maximum absolute atomic E-state index is 12.6. The molecule has 0 aromatic heterocycles. The average molecular weight is 264 g/mol. The molecule has 19 heavy (non-hydrogen) atoms. The molecule has 3 N–H and O–H groups in total. The highest BCUT2D eigenvalue weighted by Crippen LogP contribution is 2.47. The Morgan fingerprint density at radius 3 is 2.58 bits per heavy atom. The maximum Gasteiger partial charge on any atom is 0.225 e. The average Bonchev–Trinajstić information content (AvgIpc) is 3.00. The van der Waals surface area contributed by atoms with Crippen LogP contribution in [0.4, 0.5) is 0 Å². The molecule has 3 saturated carbocycles. The van der Waals surface area contributed by atoms with E-state index >= 15 is 0 Å². The smallest absolute Gasteiger partial charge is 0.225 e. The summed E-state index contributed by atoms with van der Waals surface area (Å²) < 4.78 is 0. The summed E-state index contributed by atoms with van der Waals surface area (Å²) in [5.74, 6) is 2.26. The Morgan fingerprint density at radius 2 is 1.89 bits per heavy atom. The van der Waals surface area contributed by atoms with E-state index in [9.17, 15) is 4.79 Å². The Hall–Kier alpha value is -0.570. The van der Waals surface area contributed by atoms with Gasteiger partial charge in [0.25, 0.3) is 0 Å². The summed E-state index contributed by atoms with van der Waals surface area (Å²) in [5, 5.41) is 3.36. The van der Waals surface area contributed by atoms with Gasteiger partial charge in [0.05, 0.1) is 5.92 Å². The molecule has 0 saturated heterocycles. The Kier molecular flexibility index (Phi) is 3.84. The molecule has 2 bridgehead atoms. The fourth-order valence-corrected chi connectivity index (χ4v) is 4.89. The minimum Gasteiger partial charge on any atom is -0.353 e. The molecule has 3 aliphatic rings. The van der Waals surface area contributed by atoms with Gasteiger partial charge in [-0.25, -0.2) is 0 Å². The lowest BCUT2D eigenvalue weighted by Crippen LogP contribution is -2.50. The third-order valence-electron chi connectivity index (χ3n) is 6.04. The summed E-state index contributed by atoms with van der Waals surface area (Å²) in [4.78, 5) is 12.6. The zero-order chi connectivity index (χ0) is 13.4. The van der Waals surface area contributed by atoms with Crippen molar-refractivity contribution in [3.8, 4) is 0 Å². The first-order chi connectivity index (χ1) is 9.20. The summed E-state index contributed by atoms with van der Waals surface area (Å²) in [6, 6.07) is 0.542. The lowest BCUT2D eigenvalue weighted by Gasteiger charge is -2.34. The molecule has 0 heterocycles. The molecule has 3 nitrogen and oxygen atoms in total. The molecule has 3 aliphatic carbocycles. The molecule has 3 rings (SSSR count). The molecular formula is C16H28N2O. The van der Waals surface area contributed by atoms with Crippen molar-refractivity contribution in [3.05, 3.63) is 0 Å². The lowest BCUT2D eigenvalue weighted by atomic mass is 9.81. The van der Waals surface area contributed by atoms with Gasteiger partial charge in [-0.15, -0.1) is 0 Å². The van der Waals surface area contributed by atoms with Crippen molar-refractivity contribution >= 4 is 5.91 Å². The predicted molar refractivity (Wildman–Crippen MR) is 76.5 cm³/mol. The van der Waals surface area contributed by atoms with Gasteiger partial charge in [0.2, 0.25) is 5.91 Å². The first kappa shape index (κ1) is 13.4. The molecule has 0 aromatic carbocycles. The Labute approximate surface area is 116 Å². The number of rotatable bonds is 3.